The molecule has 1 aromatic rings. The van der Waals surface area contributed by atoms with Gasteiger partial charge in [0, 0.05) is 18.7 Å². The summed E-state index contributed by atoms with van der Waals surface area (Å²) in [7, 11) is 1.59. The van der Waals surface area contributed by atoms with Crippen molar-refractivity contribution in [3.05, 3.63) is 29.3 Å². The topological polar surface area (TPSA) is 66.8 Å². The van der Waals surface area contributed by atoms with Gasteiger partial charge in [-0.05, 0) is 55.4 Å². The minimum absolute atomic E-state index is 0.0745. The molecule has 1 amide bonds. The molecular formula is C17H21NO4. The molecular weight excluding hydrogens is 282 g/mol. The molecule has 2 fully saturated rings. The number of likely N-dealkylation sites (tertiary alicyclic amines) is 1. The van der Waals surface area contributed by atoms with E-state index in [1.54, 1.807) is 24.1 Å². The highest BCUT2D eigenvalue weighted by atomic mass is 16.5. The standard InChI is InChI=1S/C17H21NO4/c1-10-7-12(22-2)5-6-13(10)16(19)18-8-14(11-3-4-11)15(9-18)17(20)21/h5-7,11,14-15H,3-4,8-9H2,1-2H3,(H,20,21)/t14-,15+/m1/s1. The van der Waals surface area contributed by atoms with Crippen molar-refractivity contribution >= 4 is 11.9 Å². The maximum Gasteiger partial charge on any atom is 0.308 e. The van der Waals surface area contributed by atoms with Gasteiger partial charge in [0.25, 0.3) is 5.91 Å². The number of aliphatic carboxylic acids is 1. The number of carbonyl (C=O) groups is 2. The number of carboxylic acids is 1. The zero-order valence-corrected chi connectivity index (χ0v) is 12.9. The number of carbonyl (C=O) groups excluding carboxylic acids is 1. The Morgan fingerprint density at radius 3 is 2.55 bits per heavy atom. The van der Waals surface area contributed by atoms with Crippen molar-refractivity contribution < 1.29 is 19.4 Å². The first-order chi connectivity index (χ1) is 10.5. The summed E-state index contributed by atoms with van der Waals surface area (Å²) in [5.41, 5.74) is 1.48. The molecule has 1 aliphatic carbocycles. The molecule has 2 aliphatic rings. The molecule has 118 valence electrons. The van der Waals surface area contributed by atoms with Crippen LogP contribution < -0.4 is 4.74 Å². The molecule has 0 aromatic heterocycles. The summed E-state index contributed by atoms with van der Waals surface area (Å²) in [6, 6.07) is 5.36. The summed E-state index contributed by atoms with van der Waals surface area (Å²) in [6.45, 7) is 2.76. The summed E-state index contributed by atoms with van der Waals surface area (Å²) < 4.78 is 5.16. The normalized spacial score (nSPS) is 24.4. The van der Waals surface area contributed by atoms with E-state index in [1.807, 2.05) is 13.0 Å². The molecule has 1 heterocycles. The van der Waals surface area contributed by atoms with Gasteiger partial charge in [-0.25, -0.2) is 0 Å². The zero-order valence-electron chi connectivity index (χ0n) is 12.9. The lowest BCUT2D eigenvalue weighted by Crippen LogP contribution is -2.30. The van der Waals surface area contributed by atoms with Crippen molar-refractivity contribution in [3.8, 4) is 5.75 Å². The smallest absolute Gasteiger partial charge is 0.308 e. The van der Waals surface area contributed by atoms with E-state index in [4.69, 9.17) is 4.74 Å². The second-order valence-corrected chi connectivity index (χ2v) is 6.34. The number of hydrogen-bond acceptors (Lipinski definition) is 3. The lowest BCUT2D eigenvalue weighted by atomic mass is 9.92. The van der Waals surface area contributed by atoms with E-state index >= 15 is 0 Å². The Morgan fingerprint density at radius 1 is 1.27 bits per heavy atom. The van der Waals surface area contributed by atoms with Crippen LogP contribution in [-0.4, -0.2) is 42.1 Å². The zero-order chi connectivity index (χ0) is 15.9. The minimum Gasteiger partial charge on any atom is -0.497 e. The average Bonchev–Trinajstić information content (AvgIpc) is 3.24. The molecule has 0 radical (unpaired) electrons. The highest BCUT2D eigenvalue weighted by Gasteiger charge is 2.47. The van der Waals surface area contributed by atoms with E-state index in [9.17, 15) is 14.7 Å². The van der Waals surface area contributed by atoms with Crippen LogP contribution in [0.5, 0.6) is 5.75 Å². The molecule has 0 bridgehead atoms. The third kappa shape index (κ3) is 2.67. The number of carboxylic acid groups (broad SMARTS) is 1. The van der Waals surface area contributed by atoms with Gasteiger partial charge in [0.05, 0.1) is 13.0 Å². The van der Waals surface area contributed by atoms with Gasteiger partial charge in [-0.2, -0.15) is 0 Å². The van der Waals surface area contributed by atoms with Crippen LogP contribution in [0.3, 0.4) is 0 Å². The number of hydrogen-bond donors (Lipinski definition) is 1. The van der Waals surface area contributed by atoms with Crippen molar-refractivity contribution in [1.82, 2.24) is 4.90 Å². The van der Waals surface area contributed by atoms with Crippen LogP contribution in [0.25, 0.3) is 0 Å². The van der Waals surface area contributed by atoms with E-state index in [-0.39, 0.29) is 11.8 Å². The van der Waals surface area contributed by atoms with E-state index < -0.39 is 11.9 Å². The molecule has 1 saturated heterocycles. The van der Waals surface area contributed by atoms with Crippen LogP contribution in [0, 0.1) is 24.7 Å². The molecule has 2 atom stereocenters. The van der Waals surface area contributed by atoms with Crippen molar-refractivity contribution in [2.24, 2.45) is 17.8 Å². The van der Waals surface area contributed by atoms with Crippen molar-refractivity contribution in [2.45, 2.75) is 19.8 Å². The number of methoxy groups -OCH3 is 1. The first-order valence-electron chi connectivity index (χ1n) is 7.68. The molecule has 5 nitrogen and oxygen atoms in total. The van der Waals surface area contributed by atoms with E-state index in [1.165, 1.54) is 0 Å². The fourth-order valence-corrected chi connectivity index (χ4v) is 3.43. The third-order valence-corrected chi connectivity index (χ3v) is 4.86. The Hall–Kier alpha value is -2.04. The molecule has 1 saturated carbocycles. The number of ether oxygens (including phenoxy) is 1. The van der Waals surface area contributed by atoms with Gasteiger partial charge in [0.15, 0.2) is 0 Å². The van der Waals surface area contributed by atoms with Gasteiger partial charge in [-0.15, -0.1) is 0 Å². The highest BCUT2D eigenvalue weighted by Crippen LogP contribution is 2.44. The monoisotopic (exact) mass is 303 g/mol. The van der Waals surface area contributed by atoms with Crippen LogP contribution in [0.4, 0.5) is 0 Å². The van der Waals surface area contributed by atoms with Gasteiger partial charge in [0.2, 0.25) is 0 Å². The predicted octanol–water partition coefficient (Wildman–Crippen LogP) is 2.19. The van der Waals surface area contributed by atoms with E-state index in [0.29, 0.717) is 24.6 Å². The van der Waals surface area contributed by atoms with Gasteiger partial charge >= 0.3 is 5.97 Å². The van der Waals surface area contributed by atoms with Gasteiger partial charge in [-0.3, -0.25) is 9.59 Å². The molecule has 22 heavy (non-hydrogen) atoms. The molecule has 0 unspecified atom stereocenters. The van der Waals surface area contributed by atoms with Gasteiger partial charge in [-0.1, -0.05) is 0 Å². The van der Waals surface area contributed by atoms with Gasteiger partial charge < -0.3 is 14.7 Å². The third-order valence-electron chi connectivity index (χ3n) is 4.86. The Balaban J connectivity index is 1.79. The predicted molar refractivity (Wildman–Crippen MR) is 81.0 cm³/mol. The van der Waals surface area contributed by atoms with Crippen molar-refractivity contribution in [3.63, 3.8) is 0 Å². The van der Waals surface area contributed by atoms with Crippen molar-refractivity contribution in [2.75, 3.05) is 20.2 Å². The Bertz CT molecular complexity index is 609. The largest absolute Gasteiger partial charge is 0.497 e. The van der Waals surface area contributed by atoms with E-state index in [2.05, 4.69) is 0 Å². The fourth-order valence-electron chi connectivity index (χ4n) is 3.43. The Kier molecular flexibility index (Phi) is 3.81. The number of benzene rings is 1. The number of nitrogens with zero attached hydrogens (tertiary/aromatic N) is 1. The number of amides is 1. The lowest BCUT2D eigenvalue weighted by molar-refractivity contribution is -0.142. The molecule has 5 heteroatoms. The second kappa shape index (κ2) is 5.63. The fraction of sp³-hybridized carbons (Fsp3) is 0.529. The number of rotatable bonds is 4. The maximum atomic E-state index is 12.7. The Labute approximate surface area is 129 Å². The van der Waals surface area contributed by atoms with Crippen LogP contribution in [0.2, 0.25) is 0 Å². The van der Waals surface area contributed by atoms with Gasteiger partial charge in [0.1, 0.15) is 5.75 Å². The average molecular weight is 303 g/mol. The second-order valence-electron chi connectivity index (χ2n) is 6.34. The summed E-state index contributed by atoms with van der Waals surface area (Å²) in [4.78, 5) is 25.9. The minimum atomic E-state index is -0.779. The van der Waals surface area contributed by atoms with Crippen LogP contribution >= 0.6 is 0 Å². The van der Waals surface area contributed by atoms with Crippen molar-refractivity contribution in [1.29, 1.82) is 0 Å². The quantitative estimate of drug-likeness (QED) is 0.926. The summed E-state index contributed by atoms with van der Waals surface area (Å²) in [6.07, 6.45) is 2.19. The molecule has 1 aliphatic heterocycles. The lowest BCUT2D eigenvalue weighted by Gasteiger charge is -2.18. The highest BCUT2D eigenvalue weighted by molar-refractivity contribution is 5.96. The molecule has 1 aromatic carbocycles. The Morgan fingerprint density at radius 2 is 2.00 bits per heavy atom. The van der Waals surface area contributed by atoms with Crippen LogP contribution in [0.1, 0.15) is 28.8 Å². The van der Waals surface area contributed by atoms with Crippen LogP contribution in [0.15, 0.2) is 18.2 Å². The first-order valence-corrected chi connectivity index (χ1v) is 7.68. The summed E-state index contributed by atoms with van der Waals surface area (Å²) in [5, 5.41) is 9.40. The first kappa shape index (κ1) is 14.9. The van der Waals surface area contributed by atoms with E-state index in [0.717, 1.165) is 24.2 Å². The van der Waals surface area contributed by atoms with Crippen LogP contribution in [-0.2, 0) is 4.79 Å². The maximum absolute atomic E-state index is 12.7. The SMILES string of the molecule is COc1ccc(C(=O)N2C[C@H](C(=O)O)[C@@H](C3CC3)C2)c(C)c1. The summed E-state index contributed by atoms with van der Waals surface area (Å²) in [5.74, 6) is 0.0359. The molecule has 0 spiro atoms. The number of aryl methyl sites for hydroxylation is 1. The summed E-state index contributed by atoms with van der Waals surface area (Å²) >= 11 is 0. The molecule has 3 rings (SSSR count). The molecule has 1 N–H and O–H groups in total.